The van der Waals surface area contributed by atoms with E-state index in [-0.39, 0.29) is 0 Å². The molecule has 1 N–H and O–H groups in total. The van der Waals surface area contributed by atoms with Gasteiger partial charge < -0.3 is 14.5 Å². The highest BCUT2D eigenvalue weighted by Crippen LogP contribution is 2.30. The Morgan fingerprint density at radius 1 is 1.19 bits per heavy atom. The molecule has 3 rings (SSSR count). The van der Waals surface area contributed by atoms with Gasteiger partial charge in [-0.1, -0.05) is 0 Å². The van der Waals surface area contributed by atoms with Crippen molar-refractivity contribution in [2.75, 3.05) is 26.3 Å². The third-order valence-corrected chi connectivity index (χ3v) is 3.56. The van der Waals surface area contributed by atoms with Crippen LogP contribution in [0.1, 0.15) is 42.7 Å². The molecule has 16 heavy (non-hydrogen) atoms. The van der Waals surface area contributed by atoms with Crippen LogP contribution in [0.3, 0.4) is 0 Å². The summed E-state index contributed by atoms with van der Waals surface area (Å²) in [5.74, 6) is 2.90. The lowest BCUT2D eigenvalue weighted by Crippen LogP contribution is -2.26. The average molecular weight is 222 g/mol. The number of nitrogens with one attached hydrogen (secondary N) is 1. The Bertz CT molecular complexity index is 339. The number of nitrogens with zero attached hydrogens (tertiary/aromatic N) is 1. The predicted molar refractivity (Wildman–Crippen MR) is 59.5 cm³/mol. The topological polar surface area (TPSA) is 47.3 Å². The van der Waals surface area contributed by atoms with Crippen molar-refractivity contribution in [3.8, 4) is 0 Å². The predicted octanol–water partition coefficient (Wildman–Crippen LogP) is 1.65. The first-order valence-corrected chi connectivity index (χ1v) is 6.17. The molecule has 0 spiro atoms. The Balaban J connectivity index is 1.71. The summed E-state index contributed by atoms with van der Waals surface area (Å²) in [7, 11) is 0. The molecule has 1 aromatic rings. The van der Waals surface area contributed by atoms with E-state index in [0.29, 0.717) is 11.8 Å². The Morgan fingerprint density at radius 2 is 2.06 bits per heavy atom. The van der Waals surface area contributed by atoms with Gasteiger partial charge in [-0.2, -0.15) is 0 Å². The molecular formula is C12H18N2O2. The first-order chi connectivity index (χ1) is 7.93. The highest BCUT2D eigenvalue weighted by molar-refractivity contribution is 5.06. The minimum absolute atomic E-state index is 0.433. The largest absolute Gasteiger partial charge is 0.445 e. The highest BCUT2D eigenvalue weighted by Gasteiger charge is 2.25. The summed E-state index contributed by atoms with van der Waals surface area (Å²) in [5, 5.41) is 3.36. The summed E-state index contributed by atoms with van der Waals surface area (Å²) >= 11 is 0. The Morgan fingerprint density at radius 3 is 2.81 bits per heavy atom. The van der Waals surface area contributed by atoms with Gasteiger partial charge in [0, 0.05) is 18.4 Å². The quantitative estimate of drug-likeness (QED) is 0.826. The zero-order valence-electron chi connectivity index (χ0n) is 9.45. The van der Waals surface area contributed by atoms with Crippen LogP contribution in [-0.2, 0) is 4.74 Å². The van der Waals surface area contributed by atoms with Gasteiger partial charge in [-0.3, -0.25) is 0 Å². The third-order valence-electron chi connectivity index (χ3n) is 3.56. The second-order valence-electron chi connectivity index (χ2n) is 4.69. The fourth-order valence-electron chi connectivity index (χ4n) is 2.51. The molecule has 0 bridgehead atoms. The minimum atomic E-state index is 0.433. The van der Waals surface area contributed by atoms with Crippen LogP contribution in [0.2, 0.25) is 0 Å². The van der Waals surface area contributed by atoms with Crippen molar-refractivity contribution < 1.29 is 9.15 Å². The summed E-state index contributed by atoms with van der Waals surface area (Å²) in [6, 6.07) is 0. The van der Waals surface area contributed by atoms with E-state index in [2.05, 4.69) is 10.3 Å². The van der Waals surface area contributed by atoms with Gasteiger partial charge in [0.2, 0.25) is 0 Å². The highest BCUT2D eigenvalue weighted by atomic mass is 16.5. The molecule has 2 aliphatic heterocycles. The number of oxazole rings is 1. The molecule has 0 saturated carbocycles. The summed E-state index contributed by atoms with van der Waals surface area (Å²) in [6.07, 6.45) is 5.25. The Hall–Kier alpha value is -0.870. The van der Waals surface area contributed by atoms with Crippen molar-refractivity contribution in [1.29, 1.82) is 0 Å². The van der Waals surface area contributed by atoms with Crippen LogP contribution in [-0.4, -0.2) is 31.3 Å². The zero-order valence-corrected chi connectivity index (χ0v) is 9.45. The molecule has 2 fully saturated rings. The molecule has 2 saturated heterocycles. The van der Waals surface area contributed by atoms with Gasteiger partial charge in [0.25, 0.3) is 0 Å². The lowest BCUT2D eigenvalue weighted by atomic mass is 9.98. The molecule has 1 unspecified atom stereocenters. The lowest BCUT2D eigenvalue weighted by molar-refractivity contribution is 0.191. The smallest absolute Gasteiger partial charge is 0.197 e. The molecule has 0 amide bonds. The van der Waals surface area contributed by atoms with Gasteiger partial charge in [0.05, 0.1) is 12.8 Å². The lowest BCUT2D eigenvalue weighted by Gasteiger charge is -2.19. The molecule has 1 atom stereocenters. The third kappa shape index (κ3) is 1.99. The van der Waals surface area contributed by atoms with E-state index < -0.39 is 0 Å². The number of piperidine rings is 1. The van der Waals surface area contributed by atoms with E-state index in [0.717, 1.165) is 57.2 Å². The van der Waals surface area contributed by atoms with E-state index >= 15 is 0 Å². The molecule has 0 aliphatic carbocycles. The fraction of sp³-hybridized carbons (Fsp3) is 0.750. The second-order valence-corrected chi connectivity index (χ2v) is 4.69. The number of rotatable bonds is 2. The van der Waals surface area contributed by atoms with Crippen molar-refractivity contribution >= 4 is 0 Å². The number of hydrogen-bond donors (Lipinski definition) is 1. The monoisotopic (exact) mass is 222 g/mol. The maximum absolute atomic E-state index is 5.89. The zero-order chi connectivity index (χ0) is 10.8. The van der Waals surface area contributed by atoms with Crippen molar-refractivity contribution in [3.63, 3.8) is 0 Å². The van der Waals surface area contributed by atoms with Gasteiger partial charge in [-0.05, 0) is 32.4 Å². The average Bonchev–Trinajstić information content (AvgIpc) is 3.01. The molecule has 4 nitrogen and oxygen atoms in total. The molecule has 0 radical (unpaired) electrons. The van der Waals surface area contributed by atoms with Gasteiger partial charge in [0.1, 0.15) is 5.76 Å². The van der Waals surface area contributed by atoms with Crippen molar-refractivity contribution in [2.45, 2.75) is 31.1 Å². The van der Waals surface area contributed by atoms with E-state index in [1.165, 1.54) is 0 Å². The second kappa shape index (κ2) is 4.55. The SMILES string of the molecule is c1nc(C2CCNCC2)oc1C1CCOC1. The van der Waals surface area contributed by atoms with Gasteiger partial charge in [0.15, 0.2) is 5.89 Å². The fourth-order valence-corrected chi connectivity index (χ4v) is 2.51. The minimum Gasteiger partial charge on any atom is -0.445 e. The van der Waals surface area contributed by atoms with E-state index in [9.17, 15) is 0 Å². The maximum atomic E-state index is 5.89. The first kappa shape index (κ1) is 10.3. The Kier molecular flexibility index (Phi) is 2.93. The summed E-state index contributed by atoms with van der Waals surface area (Å²) in [5.41, 5.74) is 0. The van der Waals surface area contributed by atoms with Gasteiger partial charge in [-0.25, -0.2) is 4.98 Å². The first-order valence-electron chi connectivity index (χ1n) is 6.17. The summed E-state index contributed by atoms with van der Waals surface area (Å²) < 4.78 is 11.3. The van der Waals surface area contributed by atoms with E-state index in [1.807, 2.05) is 6.20 Å². The maximum Gasteiger partial charge on any atom is 0.197 e. The number of aromatic nitrogens is 1. The van der Waals surface area contributed by atoms with Crippen molar-refractivity contribution in [3.05, 3.63) is 17.8 Å². The molecular weight excluding hydrogens is 204 g/mol. The van der Waals surface area contributed by atoms with Crippen LogP contribution in [0.5, 0.6) is 0 Å². The van der Waals surface area contributed by atoms with Crippen molar-refractivity contribution in [2.24, 2.45) is 0 Å². The summed E-state index contributed by atoms with van der Waals surface area (Å²) in [4.78, 5) is 4.43. The van der Waals surface area contributed by atoms with Gasteiger partial charge in [-0.15, -0.1) is 0 Å². The molecule has 0 aromatic carbocycles. The summed E-state index contributed by atoms with van der Waals surface area (Å²) in [6.45, 7) is 3.80. The van der Waals surface area contributed by atoms with E-state index in [4.69, 9.17) is 9.15 Å². The van der Waals surface area contributed by atoms with Crippen molar-refractivity contribution in [1.82, 2.24) is 10.3 Å². The molecule has 2 aliphatic rings. The number of hydrogen-bond acceptors (Lipinski definition) is 4. The molecule has 1 aromatic heterocycles. The molecule has 4 heteroatoms. The van der Waals surface area contributed by atoms with Crippen LogP contribution in [0, 0.1) is 0 Å². The Labute approximate surface area is 95.4 Å². The molecule has 3 heterocycles. The van der Waals surface area contributed by atoms with Crippen LogP contribution in [0.4, 0.5) is 0 Å². The van der Waals surface area contributed by atoms with Crippen LogP contribution < -0.4 is 5.32 Å². The number of ether oxygens (including phenoxy) is 1. The molecule has 88 valence electrons. The van der Waals surface area contributed by atoms with E-state index in [1.54, 1.807) is 0 Å². The van der Waals surface area contributed by atoms with Crippen LogP contribution in [0.15, 0.2) is 10.6 Å². The van der Waals surface area contributed by atoms with Crippen LogP contribution in [0.25, 0.3) is 0 Å². The normalized spacial score (nSPS) is 27.4. The van der Waals surface area contributed by atoms with Gasteiger partial charge >= 0.3 is 0 Å². The standard InChI is InChI=1S/C12H18N2O2/c1-4-13-5-2-9(1)12-14-7-11(16-12)10-3-6-15-8-10/h7,9-10,13H,1-6,8H2. The van der Waals surface area contributed by atoms with Crippen LogP contribution >= 0.6 is 0 Å².